The van der Waals surface area contributed by atoms with Crippen molar-refractivity contribution in [3.63, 3.8) is 0 Å². The van der Waals surface area contributed by atoms with Crippen molar-refractivity contribution < 1.29 is 23.9 Å². The minimum absolute atomic E-state index is 0.00553. The normalized spacial score (nSPS) is 13.6. The number of carbonyl (C=O) groups is 3. The number of nitrogens with one attached hydrogen (secondary N) is 1. The van der Waals surface area contributed by atoms with Crippen LogP contribution in [0.15, 0.2) is 42.5 Å². The number of aryl methyl sites for hydroxylation is 1. The van der Waals surface area contributed by atoms with Crippen LogP contribution in [0.2, 0.25) is 0 Å². The Kier molecular flexibility index (Phi) is 7.41. The SMILES string of the molecule is CCOC(=O)CC(NC(=O)c1cccc2c1C(=O)N(CCOC)C2)c1ccc(C)cc1. The van der Waals surface area contributed by atoms with Crippen molar-refractivity contribution in [2.24, 2.45) is 0 Å². The molecule has 2 amide bonds. The van der Waals surface area contributed by atoms with Crippen LogP contribution in [0.5, 0.6) is 0 Å². The molecule has 1 aliphatic heterocycles. The molecule has 7 nitrogen and oxygen atoms in total. The van der Waals surface area contributed by atoms with Gasteiger partial charge in [0.15, 0.2) is 0 Å². The van der Waals surface area contributed by atoms with Crippen LogP contribution < -0.4 is 5.32 Å². The topological polar surface area (TPSA) is 84.9 Å². The van der Waals surface area contributed by atoms with E-state index >= 15 is 0 Å². The van der Waals surface area contributed by atoms with Gasteiger partial charge in [-0.25, -0.2) is 0 Å². The summed E-state index contributed by atoms with van der Waals surface area (Å²) in [5.74, 6) is -0.975. The van der Waals surface area contributed by atoms with Crippen molar-refractivity contribution in [3.8, 4) is 0 Å². The number of amides is 2. The molecular weight excluding hydrogens is 396 g/mol. The molecule has 0 fully saturated rings. The maximum atomic E-state index is 13.2. The van der Waals surface area contributed by atoms with Gasteiger partial charge in [0, 0.05) is 20.2 Å². The van der Waals surface area contributed by atoms with Crippen LogP contribution in [0.4, 0.5) is 0 Å². The number of esters is 1. The third-order valence-electron chi connectivity index (χ3n) is 5.28. The Morgan fingerprint density at radius 2 is 1.90 bits per heavy atom. The summed E-state index contributed by atoms with van der Waals surface area (Å²) in [5.41, 5.74) is 3.41. The lowest BCUT2D eigenvalue weighted by atomic mass is 9.99. The van der Waals surface area contributed by atoms with Crippen LogP contribution >= 0.6 is 0 Å². The van der Waals surface area contributed by atoms with E-state index < -0.39 is 17.9 Å². The molecule has 1 unspecified atom stereocenters. The first-order valence-corrected chi connectivity index (χ1v) is 10.4. The van der Waals surface area contributed by atoms with Crippen LogP contribution in [-0.2, 0) is 20.8 Å². The molecule has 2 aromatic carbocycles. The smallest absolute Gasteiger partial charge is 0.308 e. The quantitative estimate of drug-likeness (QED) is 0.626. The molecule has 0 radical (unpaired) electrons. The number of carbonyl (C=O) groups excluding carboxylic acids is 3. The molecule has 0 aliphatic carbocycles. The van der Waals surface area contributed by atoms with Gasteiger partial charge in [-0.3, -0.25) is 14.4 Å². The zero-order valence-corrected chi connectivity index (χ0v) is 18.1. The minimum atomic E-state index is -0.566. The van der Waals surface area contributed by atoms with E-state index in [9.17, 15) is 14.4 Å². The Bertz CT molecular complexity index is 955. The maximum absolute atomic E-state index is 13.2. The monoisotopic (exact) mass is 424 g/mol. The lowest BCUT2D eigenvalue weighted by Crippen LogP contribution is -2.32. The van der Waals surface area contributed by atoms with Gasteiger partial charge < -0.3 is 19.7 Å². The first-order valence-electron chi connectivity index (χ1n) is 10.4. The Hall–Kier alpha value is -3.19. The van der Waals surface area contributed by atoms with Gasteiger partial charge in [0.05, 0.1) is 36.8 Å². The molecule has 1 aliphatic rings. The summed E-state index contributed by atoms with van der Waals surface area (Å²) < 4.78 is 10.2. The number of fused-ring (bicyclic) bond motifs is 1. The standard InChI is InChI=1S/C24H28N2O5/c1-4-31-21(27)14-20(17-10-8-16(2)9-11-17)25-23(28)19-7-5-6-18-15-26(12-13-30-3)24(29)22(18)19/h5-11,20H,4,12-15H2,1-3H3,(H,25,28). The second kappa shape index (κ2) is 10.2. The Morgan fingerprint density at radius 3 is 2.58 bits per heavy atom. The third kappa shape index (κ3) is 5.30. The molecule has 3 rings (SSSR count). The summed E-state index contributed by atoms with van der Waals surface area (Å²) >= 11 is 0. The molecule has 2 aromatic rings. The second-order valence-electron chi connectivity index (χ2n) is 7.51. The first kappa shape index (κ1) is 22.5. The van der Waals surface area contributed by atoms with Gasteiger partial charge in [0.2, 0.25) is 0 Å². The highest BCUT2D eigenvalue weighted by Crippen LogP contribution is 2.27. The summed E-state index contributed by atoms with van der Waals surface area (Å²) in [6.07, 6.45) is 0.00553. The Morgan fingerprint density at radius 1 is 1.16 bits per heavy atom. The van der Waals surface area contributed by atoms with E-state index in [0.29, 0.717) is 30.8 Å². The molecule has 0 spiro atoms. The summed E-state index contributed by atoms with van der Waals surface area (Å²) in [6, 6.07) is 12.3. The van der Waals surface area contributed by atoms with Gasteiger partial charge in [0.1, 0.15) is 0 Å². The predicted octanol–water partition coefficient (Wildman–Crippen LogP) is 3.02. The van der Waals surface area contributed by atoms with Gasteiger partial charge >= 0.3 is 5.97 Å². The summed E-state index contributed by atoms with van der Waals surface area (Å²) in [6.45, 7) is 5.31. The Labute approximate surface area is 182 Å². The largest absolute Gasteiger partial charge is 0.466 e. The van der Waals surface area contributed by atoms with Crippen LogP contribution in [0.1, 0.15) is 56.8 Å². The van der Waals surface area contributed by atoms with Crippen molar-refractivity contribution in [2.75, 3.05) is 26.9 Å². The molecule has 0 bridgehead atoms. The summed E-state index contributed by atoms with van der Waals surface area (Å²) in [5, 5.41) is 2.93. The van der Waals surface area contributed by atoms with Crippen LogP contribution in [-0.4, -0.2) is 49.6 Å². The van der Waals surface area contributed by atoms with Crippen molar-refractivity contribution in [1.82, 2.24) is 10.2 Å². The van der Waals surface area contributed by atoms with E-state index in [-0.39, 0.29) is 18.9 Å². The number of ether oxygens (including phenoxy) is 2. The minimum Gasteiger partial charge on any atom is -0.466 e. The van der Waals surface area contributed by atoms with Crippen molar-refractivity contribution in [1.29, 1.82) is 0 Å². The van der Waals surface area contributed by atoms with E-state index in [1.54, 1.807) is 31.1 Å². The molecule has 1 atom stereocenters. The molecule has 0 saturated heterocycles. The average Bonchev–Trinajstić information content (AvgIpc) is 3.08. The van der Waals surface area contributed by atoms with Crippen LogP contribution in [0, 0.1) is 6.92 Å². The fourth-order valence-corrected chi connectivity index (χ4v) is 3.66. The zero-order valence-electron chi connectivity index (χ0n) is 18.1. The maximum Gasteiger partial charge on any atom is 0.308 e. The first-order chi connectivity index (χ1) is 14.9. The molecule has 31 heavy (non-hydrogen) atoms. The zero-order chi connectivity index (χ0) is 22.4. The Balaban J connectivity index is 1.84. The van der Waals surface area contributed by atoms with E-state index in [1.165, 1.54) is 0 Å². The summed E-state index contributed by atoms with van der Waals surface area (Å²) in [4.78, 5) is 39.9. The number of nitrogens with zero attached hydrogens (tertiary/aromatic N) is 1. The van der Waals surface area contributed by atoms with E-state index in [0.717, 1.165) is 16.7 Å². The summed E-state index contributed by atoms with van der Waals surface area (Å²) in [7, 11) is 1.58. The molecular formula is C24H28N2O5. The van der Waals surface area contributed by atoms with Gasteiger partial charge in [-0.15, -0.1) is 0 Å². The highest BCUT2D eigenvalue weighted by Gasteiger charge is 2.32. The number of hydrogen-bond donors (Lipinski definition) is 1. The van der Waals surface area contributed by atoms with Crippen LogP contribution in [0.25, 0.3) is 0 Å². The van der Waals surface area contributed by atoms with Crippen LogP contribution in [0.3, 0.4) is 0 Å². The van der Waals surface area contributed by atoms with Crippen molar-refractivity contribution >= 4 is 17.8 Å². The van der Waals surface area contributed by atoms with Gasteiger partial charge in [0.25, 0.3) is 11.8 Å². The predicted molar refractivity (Wildman–Crippen MR) is 116 cm³/mol. The van der Waals surface area contributed by atoms with Crippen molar-refractivity contribution in [3.05, 3.63) is 70.3 Å². The molecule has 0 aromatic heterocycles. The molecule has 0 saturated carbocycles. The fraction of sp³-hybridized carbons (Fsp3) is 0.375. The van der Waals surface area contributed by atoms with Gasteiger partial charge in [-0.1, -0.05) is 42.0 Å². The van der Waals surface area contributed by atoms with Gasteiger partial charge in [-0.2, -0.15) is 0 Å². The number of hydrogen-bond acceptors (Lipinski definition) is 5. The average molecular weight is 424 g/mol. The van der Waals surface area contributed by atoms with E-state index in [1.807, 2.05) is 37.3 Å². The highest BCUT2D eigenvalue weighted by atomic mass is 16.5. The number of rotatable bonds is 9. The van der Waals surface area contributed by atoms with E-state index in [4.69, 9.17) is 9.47 Å². The highest BCUT2D eigenvalue weighted by molar-refractivity contribution is 6.09. The van der Waals surface area contributed by atoms with E-state index in [2.05, 4.69) is 5.32 Å². The molecule has 1 heterocycles. The molecule has 7 heteroatoms. The number of methoxy groups -OCH3 is 1. The lowest BCUT2D eigenvalue weighted by Gasteiger charge is -2.20. The molecule has 164 valence electrons. The number of benzene rings is 2. The third-order valence-corrected chi connectivity index (χ3v) is 5.28. The second-order valence-corrected chi connectivity index (χ2v) is 7.51. The lowest BCUT2D eigenvalue weighted by molar-refractivity contribution is -0.143. The molecule has 1 N–H and O–H groups in total. The van der Waals surface area contributed by atoms with Crippen molar-refractivity contribution in [2.45, 2.75) is 32.9 Å². The fourth-order valence-electron chi connectivity index (χ4n) is 3.66. The van der Waals surface area contributed by atoms with Gasteiger partial charge in [-0.05, 0) is 31.0 Å².